The number of ether oxygens (including phenoxy) is 1. The predicted molar refractivity (Wildman–Crippen MR) is 91.1 cm³/mol. The number of amides is 1. The number of hydrogen-bond acceptors (Lipinski definition) is 3. The van der Waals surface area contributed by atoms with E-state index in [9.17, 15) is 4.79 Å². The van der Waals surface area contributed by atoms with Gasteiger partial charge in [0.25, 0.3) is 0 Å². The minimum absolute atomic E-state index is 0.0918. The molecule has 1 aromatic heterocycles. The van der Waals surface area contributed by atoms with Gasteiger partial charge in [0, 0.05) is 31.6 Å². The van der Waals surface area contributed by atoms with Gasteiger partial charge in [0.2, 0.25) is 5.91 Å². The van der Waals surface area contributed by atoms with E-state index in [0.717, 1.165) is 24.3 Å². The molecule has 0 aliphatic heterocycles. The van der Waals surface area contributed by atoms with Crippen LogP contribution in [0.25, 0.3) is 6.08 Å². The van der Waals surface area contributed by atoms with Crippen molar-refractivity contribution >= 4 is 12.0 Å². The molecule has 0 spiro atoms. The molecule has 1 aromatic carbocycles. The number of hydrogen-bond donors (Lipinski definition) is 1. The highest BCUT2D eigenvalue weighted by Gasteiger charge is 1.99. The van der Waals surface area contributed by atoms with E-state index < -0.39 is 0 Å². The van der Waals surface area contributed by atoms with Crippen molar-refractivity contribution in [2.24, 2.45) is 0 Å². The molecule has 1 N–H and O–H groups in total. The van der Waals surface area contributed by atoms with E-state index in [4.69, 9.17) is 4.74 Å². The van der Waals surface area contributed by atoms with Gasteiger partial charge in [-0.3, -0.25) is 4.79 Å². The normalized spacial score (nSPS) is 11.1. The Morgan fingerprint density at radius 2 is 2.30 bits per heavy atom. The van der Waals surface area contributed by atoms with Crippen molar-refractivity contribution in [3.05, 3.63) is 54.6 Å². The summed E-state index contributed by atoms with van der Waals surface area (Å²) in [5.41, 5.74) is 0.941. The largest absolute Gasteiger partial charge is 0.491 e. The third-order valence-electron chi connectivity index (χ3n) is 3.11. The van der Waals surface area contributed by atoms with Crippen molar-refractivity contribution in [2.45, 2.75) is 32.9 Å². The maximum Gasteiger partial charge on any atom is 0.244 e. The van der Waals surface area contributed by atoms with Crippen molar-refractivity contribution < 1.29 is 9.53 Å². The maximum atomic E-state index is 11.8. The lowest BCUT2D eigenvalue weighted by Gasteiger charge is -2.09. The fourth-order valence-electron chi connectivity index (χ4n) is 2.09. The average molecular weight is 313 g/mol. The first-order valence-electron chi connectivity index (χ1n) is 7.82. The Morgan fingerprint density at radius 1 is 1.43 bits per heavy atom. The van der Waals surface area contributed by atoms with Gasteiger partial charge >= 0.3 is 0 Å². The van der Waals surface area contributed by atoms with E-state index >= 15 is 0 Å². The van der Waals surface area contributed by atoms with Crippen molar-refractivity contribution in [1.82, 2.24) is 14.9 Å². The lowest BCUT2D eigenvalue weighted by atomic mass is 10.2. The van der Waals surface area contributed by atoms with Crippen LogP contribution in [0.3, 0.4) is 0 Å². The molecule has 1 heterocycles. The first-order chi connectivity index (χ1) is 11.1. The van der Waals surface area contributed by atoms with Crippen LogP contribution in [0.2, 0.25) is 0 Å². The van der Waals surface area contributed by atoms with Crippen LogP contribution in [-0.4, -0.2) is 28.1 Å². The Kier molecular flexibility index (Phi) is 6.41. The van der Waals surface area contributed by atoms with E-state index in [1.807, 2.05) is 48.9 Å². The van der Waals surface area contributed by atoms with Gasteiger partial charge in [0.15, 0.2) is 0 Å². The molecule has 23 heavy (non-hydrogen) atoms. The van der Waals surface area contributed by atoms with Gasteiger partial charge in [0.05, 0.1) is 12.4 Å². The van der Waals surface area contributed by atoms with Crippen LogP contribution in [0.1, 0.15) is 25.8 Å². The molecule has 0 atom stereocenters. The molecule has 0 fully saturated rings. The molecular formula is C18H23N3O2. The van der Waals surface area contributed by atoms with Gasteiger partial charge in [-0.2, -0.15) is 0 Å². The monoisotopic (exact) mass is 313 g/mol. The fourth-order valence-corrected chi connectivity index (χ4v) is 2.09. The number of imidazole rings is 1. The van der Waals surface area contributed by atoms with Gasteiger partial charge in [-0.25, -0.2) is 4.98 Å². The lowest BCUT2D eigenvalue weighted by molar-refractivity contribution is -0.116. The van der Waals surface area contributed by atoms with Gasteiger partial charge < -0.3 is 14.6 Å². The topological polar surface area (TPSA) is 56.1 Å². The number of carbonyl (C=O) groups excluding carboxylic acids is 1. The molecule has 0 saturated heterocycles. The summed E-state index contributed by atoms with van der Waals surface area (Å²) in [5.74, 6) is 0.716. The second-order valence-corrected chi connectivity index (χ2v) is 5.52. The molecule has 5 nitrogen and oxygen atoms in total. The zero-order valence-electron chi connectivity index (χ0n) is 13.6. The first-order valence-corrected chi connectivity index (χ1v) is 7.82. The standard InChI is InChI=1S/C18H23N3O2/c1-15(2)23-17-6-3-5-16(13-17)7-8-18(22)20-9-4-11-21-12-10-19-14-21/h3,5-8,10,12-15H,4,9,11H2,1-2H3,(H,20,22)/b8-7-. The van der Waals surface area contributed by atoms with Crippen LogP contribution >= 0.6 is 0 Å². The number of benzene rings is 1. The zero-order chi connectivity index (χ0) is 16.5. The molecular weight excluding hydrogens is 290 g/mol. The number of rotatable bonds is 8. The van der Waals surface area contributed by atoms with E-state index in [1.165, 1.54) is 0 Å². The molecule has 1 amide bonds. The predicted octanol–water partition coefficient (Wildman–Crippen LogP) is 2.89. The third-order valence-corrected chi connectivity index (χ3v) is 3.11. The molecule has 0 aliphatic rings. The Hall–Kier alpha value is -2.56. The highest BCUT2D eigenvalue weighted by atomic mass is 16.5. The van der Waals surface area contributed by atoms with Crippen molar-refractivity contribution in [3.8, 4) is 5.75 Å². The Labute approximate surface area is 137 Å². The van der Waals surface area contributed by atoms with E-state index in [0.29, 0.717) is 6.54 Å². The third kappa shape index (κ3) is 6.38. The van der Waals surface area contributed by atoms with Gasteiger partial charge in [-0.15, -0.1) is 0 Å². The first kappa shape index (κ1) is 16.8. The van der Waals surface area contributed by atoms with Crippen LogP contribution in [-0.2, 0) is 11.3 Å². The second kappa shape index (κ2) is 8.78. The highest BCUT2D eigenvalue weighted by Crippen LogP contribution is 2.15. The molecule has 2 rings (SSSR count). The maximum absolute atomic E-state index is 11.8. The van der Waals surface area contributed by atoms with Crippen molar-refractivity contribution in [2.75, 3.05) is 6.54 Å². The van der Waals surface area contributed by atoms with Gasteiger partial charge in [-0.05, 0) is 44.0 Å². The second-order valence-electron chi connectivity index (χ2n) is 5.52. The summed E-state index contributed by atoms with van der Waals surface area (Å²) in [6.07, 6.45) is 9.77. The summed E-state index contributed by atoms with van der Waals surface area (Å²) in [6, 6.07) is 7.69. The molecule has 0 radical (unpaired) electrons. The molecule has 122 valence electrons. The van der Waals surface area contributed by atoms with Crippen LogP contribution in [0.5, 0.6) is 5.75 Å². The molecule has 0 unspecified atom stereocenters. The van der Waals surface area contributed by atoms with Crippen molar-refractivity contribution in [3.63, 3.8) is 0 Å². The number of nitrogens with one attached hydrogen (secondary N) is 1. The molecule has 5 heteroatoms. The number of aromatic nitrogens is 2. The molecule has 0 saturated carbocycles. The van der Waals surface area contributed by atoms with E-state index in [-0.39, 0.29) is 12.0 Å². The summed E-state index contributed by atoms with van der Waals surface area (Å²) in [7, 11) is 0. The van der Waals surface area contributed by atoms with E-state index in [1.54, 1.807) is 24.7 Å². The summed E-state index contributed by atoms with van der Waals surface area (Å²) >= 11 is 0. The number of aryl methyl sites for hydroxylation is 1. The molecule has 0 aliphatic carbocycles. The molecule has 2 aromatic rings. The molecule has 0 bridgehead atoms. The summed E-state index contributed by atoms with van der Waals surface area (Å²) in [6.45, 7) is 5.45. The quantitative estimate of drug-likeness (QED) is 0.602. The average Bonchev–Trinajstić information content (AvgIpc) is 3.03. The Bertz CT molecular complexity index is 633. The minimum atomic E-state index is -0.0918. The Balaban J connectivity index is 1.74. The number of carbonyl (C=O) groups is 1. The van der Waals surface area contributed by atoms with Crippen LogP contribution < -0.4 is 10.1 Å². The SMILES string of the molecule is CC(C)Oc1cccc(/C=C\C(=O)NCCCn2ccnc2)c1. The Morgan fingerprint density at radius 3 is 3.04 bits per heavy atom. The van der Waals surface area contributed by atoms with Gasteiger partial charge in [0.1, 0.15) is 5.75 Å². The zero-order valence-corrected chi connectivity index (χ0v) is 13.6. The van der Waals surface area contributed by atoms with Gasteiger partial charge in [-0.1, -0.05) is 12.1 Å². The van der Waals surface area contributed by atoms with Crippen molar-refractivity contribution in [1.29, 1.82) is 0 Å². The van der Waals surface area contributed by atoms with Crippen LogP contribution in [0, 0.1) is 0 Å². The summed E-state index contributed by atoms with van der Waals surface area (Å²) in [4.78, 5) is 15.8. The highest BCUT2D eigenvalue weighted by molar-refractivity contribution is 5.91. The van der Waals surface area contributed by atoms with Crippen LogP contribution in [0.4, 0.5) is 0 Å². The van der Waals surface area contributed by atoms with E-state index in [2.05, 4.69) is 10.3 Å². The fraction of sp³-hybridized carbons (Fsp3) is 0.333. The summed E-state index contributed by atoms with van der Waals surface area (Å²) in [5, 5.41) is 2.87. The minimum Gasteiger partial charge on any atom is -0.491 e. The smallest absolute Gasteiger partial charge is 0.244 e. The lowest BCUT2D eigenvalue weighted by Crippen LogP contribution is -2.22. The van der Waals surface area contributed by atoms with Crippen LogP contribution in [0.15, 0.2) is 49.1 Å². The summed E-state index contributed by atoms with van der Waals surface area (Å²) < 4.78 is 7.62. The number of nitrogens with zero attached hydrogens (tertiary/aromatic N) is 2.